The molecule has 0 saturated heterocycles. The number of hydrogen-bond acceptors (Lipinski definition) is 6. The second-order valence-corrected chi connectivity index (χ2v) is 5.22. The number of anilines is 1. The molecule has 112 valence electrons. The lowest BCUT2D eigenvalue weighted by molar-refractivity contribution is 0.102. The molecule has 0 bridgehead atoms. The van der Waals surface area contributed by atoms with Crippen LogP contribution in [0.3, 0.4) is 0 Å². The van der Waals surface area contributed by atoms with Gasteiger partial charge in [-0.25, -0.2) is 4.98 Å². The van der Waals surface area contributed by atoms with Crippen LogP contribution in [-0.4, -0.2) is 25.1 Å². The fraction of sp³-hybridized carbons (Fsp3) is 0.286. The number of nitrogens with zero attached hydrogens (tertiary/aromatic N) is 1. The molecule has 3 N–H and O–H groups in total. The number of nitrogens with two attached hydrogens (primary N) is 1. The zero-order valence-corrected chi connectivity index (χ0v) is 12.9. The first kappa shape index (κ1) is 15.3. The zero-order valence-electron chi connectivity index (χ0n) is 12.0. The van der Waals surface area contributed by atoms with Gasteiger partial charge in [0.15, 0.2) is 16.6 Å². The number of nitrogens with one attached hydrogen (secondary N) is 1. The molecule has 1 atom stereocenters. The summed E-state index contributed by atoms with van der Waals surface area (Å²) in [4.78, 5) is 16.6. The predicted octanol–water partition coefficient (Wildman–Crippen LogP) is 2.43. The molecular formula is C14H17N3O3S. The molecule has 1 unspecified atom stereocenters. The van der Waals surface area contributed by atoms with E-state index in [-0.39, 0.29) is 11.9 Å². The van der Waals surface area contributed by atoms with Gasteiger partial charge in [0.1, 0.15) is 0 Å². The summed E-state index contributed by atoms with van der Waals surface area (Å²) >= 11 is 1.33. The Hall–Kier alpha value is -2.12. The van der Waals surface area contributed by atoms with Crippen molar-refractivity contribution in [3.05, 3.63) is 34.8 Å². The van der Waals surface area contributed by atoms with Gasteiger partial charge in [0.2, 0.25) is 0 Å². The fourth-order valence-corrected chi connectivity index (χ4v) is 2.59. The van der Waals surface area contributed by atoms with Crippen LogP contribution in [0.5, 0.6) is 11.5 Å². The topological polar surface area (TPSA) is 86.5 Å². The first-order valence-electron chi connectivity index (χ1n) is 6.30. The van der Waals surface area contributed by atoms with E-state index in [1.807, 2.05) is 12.3 Å². The first-order valence-corrected chi connectivity index (χ1v) is 7.18. The highest BCUT2D eigenvalue weighted by molar-refractivity contribution is 7.14. The van der Waals surface area contributed by atoms with Crippen LogP contribution in [0.25, 0.3) is 0 Å². The third-order valence-electron chi connectivity index (χ3n) is 2.86. The van der Waals surface area contributed by atoms with Gasteiger partial charge in [0.05, 0.1) is 25.5 Å². The smallest absolute Gasteiger partial charge is 0.261 e. The van der Waals surface area contributed by atoms with Gasteiger partial charge in [-0.05, 0) is 19.1 Å². The van der Waals surface area contributed by atoms with E-state index in [4.69, 9.17) is 15.2 Å². The number of benzene rings is 1. The van der Waals surface area contributed by atoms with Crippen molar-refractivity contribution in [1.29, 1.82) is 0 Å². The van der Waals surface area contributed by atoms with Gasteiger partial charge in [-0.2, -0.15) is 0 Å². The molecule has 1 aromatic carbocycles. The van der Waals surface area contributed by atoms with Crippen molar-refractivity contribution in [3.8, 4) is 11.5 Å². The number of carbonyl (C=O) groups excluding carboxylic acids is 1. The zero-order chi connectivity index (χ0) is 15.4. The third kappa shape index (κ3) is 3.32. The fourth-order valence-electron chi connectivity index (χ4n) is 1.78. The van der Waals surface area contributed by atoms with E-state index in [0.717, 1.165) is 5.69 Å². The molecule has 0 spiro atoms. The van der Waals surface area contributed by atoms with Crippen LogP contribution >= 0.6 is 11.3 Å². The van der Waals surface area contributed by atoms with Crippen LogP contribution in [0.1, 0.15) is 29.0 Å². The van der Waals surface area contributed by atoms with Crippen LogP contribution in [0.4, 0.5) is 5.13 Å². The minimum Gasteiger partial charge on any atom is -0.493 e. The Morgan fingerprint density at radius 3 is 2.71 bits per heavy atom. The minimum absolute atomic E-state index is 0.168. The van der Waals surface area contributed by atoms with Gasteiger partial charge in [-0.3, -0.25) is 10.1 Å². The molecule has 1 amide bonds. The Morgan fingerprint density at radius 2 is 2.14 bits per heavy atom. The first-order chi connectivity index (χ1) is 10.1. The molecule has 1 heterocycles. The molecule has 2 aromatic rings. The van der Waals surface area contributed by atoms with Crippen molar-refractivity contribution in [2.45, 2.75) is 13.0 Å². The molecule has 0 radical (unpaired) electrons. The van der Waals surface area contributed by atoms with Gasteiger partial charge < -0.3 is 15.2 Å². The summed E-state index contributed by atoms with van der Waals surface area (Å²) in [5, 5.41) is 5.06. The van der Waals surface area contributed by atoms with E-state index < -0.39 is 0 Å². The maximum Gasteiger partial charge on any atom is 0.261 e. The third-order valence-corrected chi connectivity index (χ3v) is 3.63. The summed E-state index contributed by atoms with van der Waals surface area (Å²) in [6.07, 6.45) is 0. The van der Waals surface area contributed by atoms with E-state index in [2.05, 4.69) is 10.3 Å². The molecule has 0 fully saturated rings. The number of aromatic nitrogens is 1. The molecule has 6 nitrogen and oxygen atoms in total. The second-order valence-electron chi connectivity index (χ2n) is 4.36. The Balaban J connectivity index is 2.23. The molecule has 2 rings (SSSR count). The lowest BCUT2D eigenvalue weighted by Gasteiger charge is -2.11. The molecule has 0 aliphatic carbocycles. The Kier molecular flexibility index (Phi) is 4.77. The summed E-state index contributed by atoms with van der Waals surface area (Å²) in [6, 6.07) is 4.95. The Labute approximate surface area is 126 Å². The van der Waals surface area contributed by atoms with Crippen molar-refractivity contribution in [1.82, 2.24) is 4.98 Å². The average Bonchev–Trinajstić information content (AvgIpc) is 2.94. The number of amides is 1. The highest BCUT2D eigenvalue weighted by Gasteiger charge is 2.17. The summed E-state index contributed by atoms with van der Waals surface area (Å²) < 4.78 is 10.4. The SMILES string of the molecule is COc1cccc(C(=O)Nc2nc(C(C)N)cs2)c1OC. The summed E-state index contributed by atoms with van der Waals surface area (Å²) in [5.74, 6) is 0.582. The van der Waals surface area contributed by atoms with E-state index >= 15 is 0 Å². The maximum absolute atomic E-state index is 12.3. The number of carbonyl (C=O) groups is 1. The van der Waals surface area contributed by atoms with Crippen LogP contribution in [0.2, 0.25) is 0 Å². The van der Waals surface area contributed by atoms with Gasteiger partial charge in [-0.15, -0.1) is 11.3 Å². The molecule has 0 saturated carbocycles. The monoisotopic (exact) mass is 307 g/mol. The highest BCUT2D eigenvalue weighted by atomic mass is 32.1. The van der Waals surface area contributed by atoms with Crippen LogP contribution in [0, 0.1) is 0 Å². The number of hydrogen-bond donors (Lipinski definition) is 2. The van der Waals surface area contributed by atoms with E-state index in [0.29, 0.717) is 22.2 Å². The van der Waals surface area contributed by atoms with Crippen molar-refractivity contribution < 1.29 is 14.3 Å². The largest absolute Gasteiger partial charge is 0.493 e. The summed E-state index contributed by atoms with van der Waals surface area (Å²) in [7, 11) is 3.02. The van der Waals surface area contributed by atoms with E-state index in [1.165, 1.54) is 25.6 Å². The van der Waals surface area contributed by atoms with Crippen molar-refractivity contribution in [2.75, 3.05) is 19.5 Å². The quantitative estimate of drug-likeness (QED) is 0.886. The predicted molar refractivity (Wildman–Crippen MR) is 82.2 cm³/mol. The molecule has 0 aliphatic heterocycles. The van der Waals surface area contributed by atoms with Crippen LogP contribution < -0.4 is 20.5 Å². The van der Waals surface area contributed by atoms with Crippen molar-refractivity contribution in [3.63, 3.8) is 0 Å². The molecule has 0 aliphatic rings. The number of ether oxygens (including phenoxy) is 2. The minimum atomic E-state index is -0.309. The highest BCUT2D eigenvalue weighted by Crippen LogP contribution is 2.31. The summed E-state index contributed by atoms with van der Waals surface area (Å²) in [6.45, 7) is 1.84. The lowest BCUT2D eigenvalue weighted by Crippen LogP contribution is -2.14. The van der Waals surface area contributed by atoms with E-state index in [9.17, 15) is 4.79 Å². The Bertz CT molecular complexity index is 640. The molecule has 21 heavy (non-hydrogen) atoms. The number of rotatable bonds is 5. The molecular weight excluding hydrogens is 290 g/mol. The van der Waals surface area contributed by atoms with Crippen molar-refractivity contribution >= 4 is 22.4 Å². The van der Waals surface area contributed by atoms with Gasteiger partial charge in [-0.1, -0.05) is 6.07 Å². The lowest BCUT2D eigenvalue weighted by atomic mass is 10.1. The molecule has 1 aromatic heterocycles. The number of methoxy groups -OCH3 is 2. The van der Waals surface area contributed by atoms with Gasteiger partial charge in [0, 0.05) is 11.4 Å². The van der Waals surface area contributed by atoms with E-state index in [1.54, 1.807) is 18.2 Å². The molecule has 7 heteroatoms. The second kappa shape index (κ2) is 6.55. The summed E-state index contributed by atoms with van der Waals surface area (Å²) in [5.41, 5.74) is 6.87. The number of para-hydroxylation sites is 1. The van der Waals surface area contributed by atoms with Crippen molar-refractivity contribution in [2.24, 2.45) is 5.73 Å². The van der Waals surface area contributed by atoms with Gasteiger partial charge >= 0.3 is 0 Å². The standard InChI is InChI=1S/C14H17N3O3S/c1-8(15)10-7-21-14(16-10)17-13(18)9-5-4-6-11(19-2)12(9)20-3/h4-8H,15H2,1-3H3,(H,16,17,18). The normalized spacial score (nSPS) is 11.8. The van der Waals surface area contributed by atoms with Gasteiger partial charge in [0.25, 0.3) is 5.91 Å². The average molecular weight is 307 g/mol. The maximum atomic E-state index is 12.3. The Morgan fingerprint density at radius 1 is 1.38 bits per heavy atom. The number of thiazole rings is 1. The van der Waals surface area contributed by atoms with Crippen LogP contribution in [0.15, 0.2) is 23.6 Å². The van der Waals surface area contributed by atoms with Crippen LogP contribution in [-0.2, 0) is 0 Å².